The Kier molecular flexibility index (Phi) is 4.39. The van der Waals surface area contributed by atoms with E-state index < -0.39 is 0 Å². The molecule has 2 aromatic rings. The number of hydrogen-bond donors (Lipinski definition) is 0. The van der Waals surface area contributed by atoms with Crippen LogP contribution in [0.2, 0.25) is 0 Å². The van der Waals surface area contributed by atoms with Crippen LogP contribution in [-0.4, -0.2) is 32.3 Å². The summed E-state index contributed by atoms with van der Waals surface area (Å²) in [6.45, 7) is 9.78. The maximum atomic E-state index is 12.2. The third kappa shape index (κ3) is 3.47. The Labute approximate surface area is 142 Å². The molecule has 1 aliphatic heterocycles. The van der Waals surface area contributed by atoms with Crippen LogP contribution in [0.25, 0.3) is 0 Å². The third-order valence-electron chi connectivity index (χ3n) is 4.43. The second-order valence-electron chi connectivity index (χ2n) is 7.50. The van der Waals surface area contributed by atoms with Crippen LogP contribution in [0.15, 0.2) is 29.3 Å². The quantitative estimate of drug-likeness (QED) is 0.865. The molecule has 1 fully saturated rings. The minimum Gasteiger partial charge on any atom is -0.350 e. The maximum Gasteiger partial charge on any atom is 0.266 e. The molecular formula is C18H25N5O. The van der Waals surface area contributed by atoms with E-state index in [4.69, 9.17) is 0 Å². The molecule has 1 unspecified atom stereocenters. The monoisotopic (exact) mass is 327 g/mol. The minimum atomic E-state index is -0.0766. The number of anilines is 1. The van der Waals surface area contributed by atoms with Gasteiger partial charge in [-0.25, -0.2) is 9.67 Å². The van der Waals surface area contributed by atoms with Crippen LogP contribution in [0.3, 0.4) is 0 Å². The molecule has 0 amide bonds. The Bertz CT molecular complexity index is 777. The van der Waals surface area contributed by atoms with Crippen LogP contribution in [-0.2, 0) is 12.0 Å². The van der Waals surface area contributed by atoms with Gasteiger partial charge >= 0.3 is 0 Å². The number of hydrogen-bond acceptors (Lipinski definition) is 5. The molecule has 0 N–H and O–H groups in total. The van der Waals surface area contributed by atoms with Gasteiger partial charge < -0.3 is 4.90 Å². The molecule has 128 valence electrons. The summed E-state index contributed by atoms with van der Waals surface area (Å²) in [5.74, 6) is 0.887. The van der Waals surface area contributed by atoms with Gasteiger partial charge in [-0.1, -0.05) is 20.8 Å². The van der Waals surface area contributed by atoms with Gasteiger partial charge in [0.15, 0.2) is 0 Å². The van der Waals surface area contributed by atoms with Crippen molar-refractivity contribution in [1.82, 2.24) is 19.7 Å². The van der Waals surface area contributed by atoms with E-state index in [1.165, 1.54) is 0 Å². The first-order valence-corrected chi connectivity index (χ1v) is 8.48. The number of aryl methyl sites for hydroxylation is 1. The highest BCUT2D eigenvalue weighted by molar-refractivity contribution is 5.39. The molecule has 1 atom stereocenters. The van der Waals surface area contributed by atoms with Crippen LogP contribution in [0.5, 0.6) is 0 Å². The third-order valence-corrected chi connectivity index (χ3v) is 4.43. The zero-order valence-electron chi connectivity index (χ0n) is 14.9. The molecule has 0 spiro atoms. The van der Waals surface area contributed by atoms with E-state index in [1.54, 1.807) is 23.1 Å². The van der Waals surface area contributed by atoms with E-state index in [-0.39, 0.29) is 17.0 Å². The lowest BCUT2D eigenvalue weighted by Crippen LogP contribution is -2.38. The normalized spacial score (nSPS) is 18.2. The molecule has 6 heteroatoms. The van der Waals surface area contributed by atoms with Crippen molar-refractivity contribution < 1.29 is 0 Å². The summed E-state index contributed by atoms with van der Waals surface area (Å²) in [7, 11) is 0. The molecular weight excluding hydrogens is 302 g/mol. The molecule has 6 nitrogen and oxygen atoms in total. The fourth-order valence-corrected chi connectivity index (χ4v) is 3.10. The Balaban J connectivity index is 1.86. The lowest BCUT2D eigenvalue weighted by atomic mass is 9.92. The van der Waals surface area contributed by atoms with Crippen molar-refractivity contribution in [1.29, 1.82) is 0 Å². The van der Waals surface area contributed by atoms with E-state index in [9.17, 15) is 4.79 Å². The van der Waals surface area contributed by atoms with Crippen LogP contribution < -0.4 is 10.5 Å². The fraction of sp³-hybridized carbons (Fsp3) is 0.556. The Morgan fingerprint density at radius 3 is 2.75 bits per heavy atom. The average Bonchev–Trinajstić information content (AvgIpc) is 2.96. The second kappa shape index (κ2) is 6.34. The highest BCUT2D eigenvalue weighted by Crippen LogP contribution is 2.24. The minimum absolute atomic E-state index is 0.0508. The predicted molar refractivity (Wildman–Crippen MR) is 94.3 cm³/mol. The number of nitrogens with zero attached hydrogens (tertiary/aromatic N) is 5. The van der Waals surface area contributed by atoms with Gasteiger partial charge in [0.05, 0.1) is 30.2 Å². The SMILES string of the molecule is Cc1cncc(N2CCCC2Cn2nc(C(C)(C)C)ccc2=O)n1. The first-order chi connectivity index (χ1) is 11.3. The van der Waals surface area contributed by atoms with Gasteiger partial charge in [0.2, 0.25) is 0 Å². The van der Waals surface area contributed by atoms with Crippen molar-refractivity contribution in [2.24, 2.45) is 0 Å². The van der Waals surface area contributed by atoms with Gasteiger partial charge in [-0.2, -0.15) is 5.10 Å². The Morgan fingerprint density at radius 2 is 2.04 bits per heavy atom. The van der Waals surface area contributed by atoms with Gasteiger partial charge in [0, 0.05) is 24.2 Å². The van der Waals surface area contributed by atoms with E-state index >= 15 is 0 Å². The summed E-state index contributed by atoms with van der Waals surface area (Å²) in [6, 6.07) is 3.68. The molecule has 3 rings (SSSR count). The average molecular weight is 327 g/mol. The summed E-state index contributed by atoms with van der Waals surface area (Å²) in [5.41, 5.74) is 1.71. The van der Waals surface area contributed by atoms with Crippen LogP contribution in [0.4, 0.5) is 5.82 Å². The highest BCUT2D eigenvalue weighted by Gasteiger charge is 2.27. The van der Waals surface area contributed by atoms with Crippen molar-refractivity contribution in [2.45, 2.75) is 58.5 Å². The molecule has 0 bridgehead atoms. The molecule has 1 saturated heterocycles. The molecule has 2 aromatic heterocycles. The van der Waals surface area contributed by atoms with Crippen LogP contribution in [0.1, 0.15) is 45.0 Å². The molecule has 0 saturated carbocycles. The van der Waals surface area contributed by atoms with Gasteiger partial charge in [0.25, 0.3) is 5.56 Å². The van der Waals surface area contributed by atoms with E-state index in [0.29, 0.717) is 6.54 Å². The highest BCUT2D eigenvalue weighted by atomic mass is 16.1. The van der Waals surface area contributed by atoms with Gasteiger partial charge in [-0.3, -0.25) is 9.78 Å². The van der Waals surface area contributed by atoms with Crippen molar-refractivity contribution in [3.8, 4) is 0 Å². The Morgan fingerprint density at radius 1 is 1.25 bits per heavy atom. The zero-order valence-corrected chi connectivity index (χ0v) is 14.9. The first kappa shape index (κ1) is 16.6. The molecule has 1 aliphatic rings. The molecule has 0 aliphatic carbocycles. The van der Waals surface area contributed by atoms with E-state index in [2.05, 4.69) is 40.7 Å². The topological polar surface area (TPSA) is 63.9 Å². The summed E-state index contributed by atoms with van der Waals surface area (Å²) in [6.07, 6.45) is 5.68. The lowest BCUT2D eigenvalue weighted by Gasteiger charge is -2.26. The van der Waals surface area contributed by atoms with Crippen molar-refractivity contribution in [3.05, 3.63) is 46.3 Å². The standard InChI is InChI=1S/C18H25N5O/c1-13-10-19-11-16(20-13)22-9-5-6-14(22)12-23-17(24)8-7-15(21-23)18(2,3)4/h7-8,10-11,14H,5-6,9,12H2,1-4H3. The van der Waals surface area contributed by atoms with Gasteiger partial charge in [-0.05, 0) is 25.8 Å². The summed E-state index contributed by atoms with van der Waals surface area (Å²) in [5, 5.41) is 4.59. The Hall–Kier alpha value is -2.24. The number of aromatic nitrogens is 4. The number of rotatable bonds is 3. The smallest absolute Gasteiger partial charge is 0.266 e. The molecule has 3 heterocycles. The summed E-state index contributed by atoms with van der Waals surface area (Å²) >= 11 is 0. The van der Waals surface area contributed by atoms with Gasteiger partial charge in [0.1, 0.15) is 5.82 Å². The molecule has 24 heavy (non-hydrogen) atoms. The van der Waals surface area contributed by atoms with Crippen LogP contribution in [0, 0.1) is 6.92 Å². The first-order valence-electron chi connectivity index (χ1n) is 8.48. The fourth-order valence-electron chi connectivity index (χ4n) is 3.10. The maximum absolute atomic E-state index is 12.2. The molecule has 0 radical (unpaired) electrons. The molecule has 0 aromatic carbocycles. The summed E-state index contributed by atoms with van der Waals surface area (Å²) < 4.78 is 1.60. The van der Waals surface area contributed by atoms with Crippen molar-refractivity contribution >= 4 is 5.82 Å². The zero-order chi connectivity index (χ0) is 17.3. The largest absolute Gasteiger partial charge is 0.350 e. The van der Waals surface area contributed by atoms with E-state index in [1.807, 2.05) is 13.0 Å². The van der Waals surface area contributed by atoms with E-state index in [0.717, 1.165) is 36.6 Å². The van der Waals surface area contributed by atoms with Crippen molar-refractivity contribution in [2.75, 3.05) is 11.4 Å². The van der Waals surface area contributed by atoms with Gasteiger partial charge in [-0.15, -0.1) is 0 Å². The predicted octanol–water partition coefficient (Wildman–Crippen LogP) is 2.31. The van der Waals surface area contributed by atoms with Crippen LogP contribution >= 0.6 is 0 Å². The van der Waals surface area contributed by atoms with Crippen molar-refractivity contribution in [3.63, 3.8) is 0 Å². The summed E-state index contributed by atoms with van der Waals surface area (Å²) in [4.78, 5) is 23.3. The lowest BCUT2D eigenvalue weighted by molar-refractivity contribution is 0.456. The second-order valence-corrected chi connectivity index (χ2v) is 7.50.